The van der Waals surface area contributed by atoms with Crippen molar-refractivity contribution < 1.29 is 9.53 Å². The molecule has 1 aromatic heterocycles. The molecule has 6 heteroatoms. The third-order valence-corrected chi connectivity index (χ3v) is 3.35. The van der Waals surface area contributed by atoms with Crippen LogP contribution in [0.3, 0.4) is 0 Å². The standard InChI is InChI=1S/C17H22N4O2/c1-11(2)8-15(18)17(22)21-19-10-13-5-4-12-9-14(23-3)6-7-16(12)20-13/h4-7,9-11,15H,8,18H2,1-3H3,(H,21,22)/b19-10+/t15-/m0/s1. The average Bonchev–Trinajstić information content (AvgIpc) is 2.53. The first kappa shape index (κ1) is 16.9. The zero-order chi connectivity index (χ0) is 16.8. The molecule has 2 rings (SSSR count). The molecule has 0 saturated heterocycles. The molecule has 1 aromatic carbocycles. The van der Waals surface area contributed by atoms with Crippen molar-refractivity contribution in [1.29, 1.82) is 0 Å². The Bertz CT molecular complexity index is 713. The van der Waals surface area contributed by atoms with Crippen LogP contribution in [0.5, 0.6) is 5.75 Å². The van der Waals surface area contributed by atoms with Gasteiger partial charge in [0.25, 0.3) is 5.91 Å². The van der Waals surface area contributed by atoms with Gasteiger partial charge in [-0.1, -0.05) is 19.9 Å². The molecule has 1 amide bonds. The molecule has 0 radical (unpaired) electrons. The Morgan fingerprint density at radius 2 is 2.17 bits per heavy atom. The summed E-state index contributed by atoms with van der Waals surface area (Å²) in [5.41, 5.74) is 9.72. The molecule has 1 heterocycles. The smallest absolute Gasteiger partial charge is 0.256 e. The average molecular weight is 314 g/mol. The van der Waals surface area contributed by atoms with Gasteiger partial charge in [0.15, 0.2) is 0 Å². The molecule has 0 saturated carbocycles. The summed E-state index contributed by atoms with van der Waals surface area (Å²) in [6.45, 7) is 4.04. The van der Waals surface area contributed by atoms with Crippen molar-refractivity contribution in [3.63, 3.8) is 0 Å². The number of nitrogens with one attached hydrogen (secondary N) is 1. The van der Waals surface area contributed by atoms with E-state index in [0.29, 0.717) is 18.0 Å². The normalized spacial score (nSPS) is 12.7. The second kappa shape index (κ2) is 7.69. The third-order valence-electron chi connectivity index (χ3n) is 3.35. The summed E-state index contributed by atoms with van der Waals surface area (Å²) in [6.07, 6.45) is 2.13. The zero-order valence-corrected chi connectivity index (χ0v) is 13.6. The predicted molar refractivity (Wildman–Crippen MR) is 91.5 cm³/mol. The van der Waals surface area contributed by atoms with Crippen molar-refractivity contribution in [3.05, 3.63) is 36.0 Å². The van der Waals surface area contributed by atoms with E-state index < -0.39 is 6.04 Å². The van der Waals surface area contributed by atoms with Crippen molar-refractivity contribution in [2.45, 2.75) is 26.3 Å². The molecular formula is C17H22N4O2. The number of hydrogen-bond donors (Lipinski definition) is 2. The van der Waals surface area contributed by atoms with Crippen LogP contribution in [0.4, 0.5) is 0 Å². The third kappa shape index (κ3) is 4.75. The molecule has 6 nitrogen and oxygen atoms in total. The lowest BCUT2D eigenvalue weighted by Crippen LogP contribution is -2.39. The number of carbonyl (C=O) groups is 1. The van der Waals surface area contributed by atoms with Crippen LogP contribution in [0, 0.1) is 5.92 Å². The highest BCUT2D eigenvalue weighted by Crippen LogP contribution is 2.19. The lowest BCUT2D eigenvalue weighted by molar-refractivity contribution is -0.122. The Balaban J connectivity index is 2.02. The number of aromatic nitrogens is 1. The van der Waals surface area contributed by atoms with Crippen LogP contribution in [0.15, 0.2) is 35.4 Å². The van der Waals surface area contributed by atoms with Crippen molar-refractivity contribution >= 4 is 23.0 Å². The molecule has 2 aromatic rings. The van der Waals surface area contributed by atoms with Gasteiger partial charge in [0.05, 0.1) is 30.6 Å². The van der Waals surface area contributed by atoms with Crippen LogP contribution in [-0.4, -0.2) is 30.3 Å². The first-order valence-electron chi connectivity index (χ1n) is 7.53. The topological polar surface area (TPSA) is 89.6 Å². The van der Waals surface area contributed by atoms with E-state index in [-0.39, 0.29) is 5.91 Å². The fourth-order valence-corrected chi connectivity index (χ4v) is 2.18. The second-order valence-corrected chi connectivity index (χ2v) is 5.77. The molecule has 122 valence electrons. The van der Waals surface area contributed by atoms with Gasteiger partial charge in [-0.05, 0) is 36.6 Å². The quantitative estimate of drug-likeness (QED) is 0.631. The fraction of sp³-hybridized carbons (Fsp3) is 0.353. The van der Waals surface area contributed by atoms with Gasteiger partial charge in [0.1, 0.15) is 5.75 Å². The van der Waals surface area contributed by atoms with E-state index in [9.17, 15) is 4.79 Å². The maximum absolute atomic E-state index is 11.8. The fourth-order valence-electron chi connectivity index (χ4n) is 2.18. The van der Waals surface area contributed by atoms with Crippen molar-refractivity contribution in [1.82, 2.24) is 10.4 Å². The van der Waals surface area contributed by atoms with E-state index in [4.69, 9.17) is 10.5 Å². The lowest BCUT2D eigenvalue weighted by atomic mass is 10.0. The SMILES string of the molecule is COc1ccc2nc(/C=N/NC(=O)[C@@H](N)CC(C)C)ccc2c1. The number of fused-ring (bicyclic) bond motifs is 1. The summed E-state index contributed by atoms with van der Waals surface area (Å²) in [4.78, 5) is 16.2. The zero-order valence-electron chi connectivity index (χ0n) is 13.6. The Morgan fingerprint density at radius 3 is 2.87 bits per heavy atom. The van der Waals surface area contributed by atoms with Crippen LogP contribution in [0.1, 0.15) is 26.0 Å². The molecule has 0 spiro atoms. The van der Waals surface area contributed by atoms with Crippen molar-refractivity contribution in [3.8, 4) is 5.75 Å². The molecular weight excluding hydrogens is 292 g/mol. The maximum atomic E-state index is 11.8. The number of benzene rings is 1. The molecule has 0 aliphatic rings. The Kier molecular flexibility index (Phi) is 5.65. The number of rotatable bonds is 6. The number of amides is 1. The van der Waals surface area contributed by atoms with Gasteiger partial charge in [-0.15, -0.1) is 0 Å². The number of hydrazone groups is 1. The largest absolute Gasteiger partial charge is 0.497 e. The number of hydrogen-bond acceptors (Lipinski definition) is 5. The highest BCUT2D eigenvalue weighted by atomic mass is 16.5. The van der Waals surface area contributed by atoms with Gasteiger partial charge >= 0.3 is 0 Å². The maximum Gasteiger partial charge on any atom is 0.256 e. The molecule has 3 N–H and O–H groups in total. The van der Waals surface area contributed by atoms with Crippen LogP contribution < -0.4 is 15.9 Å². The van der Waals surface area contributed by atoms with E-state index in [1.54, 1.807) is 7.11 Å². The minimum atomic E-state index is -0.552. The first-order valence-corrected chi connectivity index (χ1v) is 7.53. The Hall–Kier alpha value is -2.47. The number of ether oxygens (including phenoxy) is 1. The van der Waals surface area contributed by atoms with Crippen molar-refractivity contribution in [2.75, 3.05) is 7.11 Å². The number of carbonyl (C=O) groups excluding carboxylic acids is 1. The number of methoxy groups -OCH3 is 1. The van der Waals surface area contributed by atoms with E-state index in [1.165, 1.54) is 6.21 Å². The number of pyridine rings is 1. The minimum absolute atomic E-state index is 0.291. The van der Waals surface area contributed by atoms with Gasteiger partial charge in [-0.25, -0.2) is 10.4 Å². The summed E-state index contributed by atoms with van der Waals surface area (Å²) >= 11 is 0. The molecule has 0 bridgehead atoms. The molecule has 23 heavy (non-hydrogen) atoms. The summed E-state index contributed by atoms with van der Waals surface area (Å²) < 4.78 is 5.18. The summed E-state index contributed by atoms with van der Waals surface area (Å²) in [5.74, 6) is 0.853. The van der Waals surface area contributed by atoms with E-state index in [0.717, 1.165) is 16.7 Å². The van der Waals surface area contributed by atoms with Gasteiger partial charge in [0, 0.05) is 5.39 Å². The second-order valence-electron chi connectivity index (χ2n) is 5.77. The predicted octanol–water partition coefficient (Wildman–Crippen LogP) is 2.07. The van der Waals surface area contributed by atoms with Gasteiger partial charge in [0.2, 0.25) is 0 Å². The van der Waals surface area contributed by atoms with Crippen molar-refractivity contribution in [2.24, 2.45) is 16.8 Å². The Labute approximate surface area is 135 Å². The Morgan fingerprint density at radius 1 is 1.39 bits per heavy atom. The molecule has 0 aliphatic carbocycles. The number of nitrogens with zero attached hydrogens (tertiary/aromatic N) is 2. The highest BCUT2D eigenvalue weighted by Gasteiger charge is 2.13. The van der Waals surface area contributed by atoms with E-state index in [2.05, 4.69) is 15.5 Å². The molecule has 0 fully saturated rings. The minimum Gasteiger partial charge on any atom is -0.497 e. The summed E-state index contributed by atoms with van der Waals surface area (Å²) in [5, 5.41) is 4.90. The molecule has 1 atom stereocenters. The molecule has 0 aliphatic heterocycles. The van der Waals surface area contributed by atoms with Gasteiger partial charge < -0.3 is 10.5 Å². The first-order chi connectivity index (χ1) is 11.0. The van der Waals surface area contributed by atoms with Gasteiger partial charge in [-0.2, -0.15) is 5.10 Å². The van der Waals surface area contributed by atoms with E-state index in [1.807, 2.05) is 44.2 Å². The van der Waals surface area contributed by atoms with Gasteiger partial charge in [-0.3, -0.25) is 4.79 Å². The monoisotopic (exact) mass is 314 g/mol. The summed E-state index contributed by atoms with van der Waals surface area (Å²) in [7, 11) is 1.63. The lowest BCUT2D eigenvalue weighted by Gasteiger charge is -2.11. The van der Waals surface area contributed by atoms with Crippen LogP contribution in [0.25, 0.3) is 10.9 Å². The van der Waals surface area contributed by atoms with Crippen LogP contribution in [-0.2, 0) is 4.79 Å². The van der Waals surface area contributed by atoms with Crippen LogP contribution in [0.2, 0.25) is 0 Å². The highest BCUT2D eigenvalue weighted by molar-refractivity contribution is 5.87. The summed E-state index contributed by atoms with van der Waals surface area (Å²) in [6, 6.07) is 8.84. The number of nitrogens with two attached hydrogens (primary N) is 1. The van der Waals surface area contributed by atoms with Crippen LogP contribution >= 0.6 is 0 Å². The van der Waals surface area contributed by atoms with E-state index >= 15 is 0 Å². The molecule has 0 unspecified atom stereocenters.